The zero-order valence-electron chi connectivity index (χ0n) is 20.0. The molecule has 2 atom stereocenters. The molecule has 0 aromatic heterocycles. The average Bonchev–Trinajstić information content (AvgIpc) is 2.78. The van der Waals surface area contributed by atoms with Gasteiger partial charge in [-0.1, -0.05) is 54.1 Å². The van der Waals surface area contributed by atoms with E-state index in [0.717, 1.165) is 4.90 Å². The first-order valence-electron chi connectivity index (χ1n) is 10.9. The largest absolute Gasteiger partial charge is 0.444 e. The number of anilines is 1. The van der Waals surface area contributed by atoms with Crippen LogP contribution in [0.15, 0.2) is 48.5 Å². The van der Waals surface area contributed by atoms with Gasteiger partial charge in [0.15, 0.2) is 0 Å². The highest BCUT2D eigenvalue weighted by Gasteiger charge is 2.36. The number of para-hydroxylation sites is 1. The molecule has 0 aliphatic rings. The number of benzene rings is 2. The number of hydrogen-bond donors (Lipinski definition) is 3. The van der Waals surface area contributed by atoms with Crippen LogP contribution in [0.3, 0.4) is 0 Å². The van der Waals surface area contributed by atoms with Gasteiger partial charge in [-0.2, -0.15) is 5.26 Å². The minimum absolute atomic E-state index is 0.308. The van der Waals surface area contributed by atoms with E-state index in [4.69, 9.17) is 16.3 Å². The Morgan fingerprint density at radius 3 is 2.34 bits per heavy atom. The standard InChI is InChI=1S/C25H29ClN4O5/c1-16-9-8-12-18(26)20(16)29-22(32)21(17-10-6-5-7-11-17)30(14-13-27)23(33)19(15-31)28-24(34)35-25(2,3)4/h5-12,19,21,31H,14-15H2,1-4H3,(H,28,34)(H,29,32). The summed E-state index contributed by atoms with van der Waals surface area (Å²) in [7, 11) is 0. The Hall–Kier alpha value is -3.61. The number of ether oxygens (including phenoxy) is 1. The lowest BCUT2D eigenvalue weighted by molar-refractivity contribution is -0.140. The van der Waals surface area contributed by atoms with Crippen LogP contribution in [0.1, 0.15) is 37.9 Å². The van der Waals surface area contributed by atoms with E-state index in [2.05, 4.69) is 10.6 Å². The topological polar surface area (TPSA) is 132 Å². The van der Waals surface area contributed by atoms with Gasteiger partial charge in [0.2, 0.25) is 5.91 Å². The highest BCUT2D eigenvalue weighted by atomic mass is 35.5. The molecule has 3 N–H and O–H groups in total. The van der Waals surface area contributed by atoms with Crippen molar-refractivity contribution in [3.63, 3.8) is 0 Å². The molecule has 186 valence electrons. The zero-order valence-corrected chi connectivity index (χ0v) is 20.8. The second-order valence-electron chi connectivity index (χ2n) is 8.74. The molecule has 10 heteroatoms. The van der Waals surface area contributed by atoms with Crippen LogP contribution < -0.4 is 10.6 Å². The number of nitriles is 1. The Morgan fingerprint density at radius 1 is 1.14 bits per heavy atom. The maximum absolute atomic E-state index is 13.5. The van der Waals surface area contributed by atoms with Crippen LogP contribution in [-0.4, -0.2) is 52.7 Å². The second kappa shape index (κ2) is 12.2. The lowest BCUT2D eigenvalue weighted by Gasteiger charge is -2.32. The molecule has 0 saturated heterocycles. The van der Waals surface area contributed by atoms with E-state index in [1.165, 1.54) is 0 Å². The highest BCUT2D eigenvalue weighted by molar-refractivity contribution is 6.34. The summed E-state index contributed by atoms with van der Waals surface area (Å²) in [5.41, 5.74) is 0.664. The second-order valence-corrected chi connectivity index (χ2v) is 9.15. The van der Waals surface area contributed by atoms with Crippen LogP contribution in [0.25, 0.3) is 0 Å². The van der Waals surface area contributed by atoms with Crippen LogP contribution in [-0.2, 0) is 14.3 Å². The molecule has 2 unspecified atom stereocenters. The number of alkyl carbamates (subject to hydrolysis) is 1. The number of carbonyl (C=O) groups excluding carboxylic acids is 3. The summed E-state index contributed by atoms with van der Waals surface area (Å²) >= 11 is 6.27. The van der Waals surface area contributed by atoms with Crippen molar-refractivity contribution in [1.29, 1.82) is 5.26 Å². The Kier molecular flexibility index (Phi) is 9.63. The van der Waals surface area contributed by atoms with Crippen molar-refractivity contribution in [1.82, 2.24) is 10.2 Å². The minimum atomic E-state index is -1.45. The molecule has 0 fully saturated rings. The monoisotopic (exact) mass is 500 g/mol. The fraction of sp³-hybridized carbons (Fsp3) is 0.360. The third kappa shape index (κ3) is 7.70. The van der Waals surface area contributed by atoms with Gasteiger partial charge in [0.1, 0.15) is 24.2 Å². The third-order valence-corrected chi connectivity index (χ3v) is 5.16. The number of amides is 3. The van der Waals surface area contributed by atoms with E-state index < -0.39 is 48.7 Å². The summed E-state index contributed by atoms with van der Waals surface area (Å²) in [6, 6.07) is 12.7. The maximum Gasteiger partial charge on any atom is 0.408 e. The van der Waals surface area contributed by atoms with Gasteiger partial charge in [-0.15, -0.1) is 0 Å². The van der Waals surface area contributed by atoms with Gasteiger partial charge in [0.25, 0.3) is 5.91 Å². The van der Waals surface area contributed by atoms with E-state index in [1.54, 1.807) is 76.2 Å². The molecule has 9 nitrogen and oxygen atoms in total. The van der Waals surface area contributed by atoms with E-state index in [9.17, 15) is 24.8 Å². The van der Waals surface area contributed by atoms with Crippen molar-refractivity contribution in [2.45, 2.75) is 45.4 Å². The van der Waals surface area contributed by atoms with Crippen molar-refractivity contribution < 1.29 is 24.2 Å². The molecular formula is C25H29ClN4O5. The first-order chi connectivity index (χ1) is 16.5. The lowest BCUT2D eigenvalue weighted by Crippen LogP contribution is -2.54. The number of nitrogens with one attached hydrogen (secondary N) is 2. The van der Waals surface area contributed by atoms with Gasteiger partial charge < -0.3 is 25.4 Å². The van der Waals surface area contributed by atoms with Gasteiger partial charge in [0.05, 0.1) is 23.4 Å². The first kappa shape index (κ1) is 27.6. The number of aryl methyl sites for hydroxylation is 1. The summed E-state index contributed by atoms with van der Waals surface area (Å²) < 4.78 is 5.17. The summed E-state index contributed by atoms with van der Waals surface area (Å²) in [4.78, 5) is 40.1. The van der Waals surface area contributed by atoms with Crippen LogP contribution in [0, 0.1) is 18.3 Å². The third-order valence-electron chi connectivity index (χ3n) is 4.84. The van der Waals surface area contributed by atoms with Gasteiger partial charge >= 0.3 is 6.09 Å². The number of carbonyl (C=O) groups is 3. The van der Waals surface area contributed by atoms with Gasteiger partial charge in [-0.05, 0) is 44.9 Å². The number of nitrogens with zero attached hydrogens (tertiary/aromatic N) is 2. The fourth-order valence-corrected chi connectivity index (χ4v) is 3.57. The van der Waals surface area contributed by atoms with Crippen LogP contribution >= 0.6 is 11.6 Å². The van der Waals surface area contributed by atoms with Gasteiger partial charge in [0, 0.05) is 0 Å². The minimum Gasteiger partial charge on any atom is -0.444 e. The SMILES string of the molecule is Cc1cccc(Cl)c1NC(=O)C(c1ccccc1)N(CC#N)C(=O)C(CO)NC(=O)OC(C)(C)C. The number of rotatable bonds is 8. The molecule has 0 bridgehead atoms. The fourth-order valence-electron chi connectivity index (χ4n) is 3.30. The van der Waals surface area contributed by atoms with E-state index >= 15 is 0 Å². The van der Waals surface area contributed by atoms with Gasteiger partial charge in [-0.3, -0.25) is 9.59 Å². The van der Waals surface area contributed by atoms with E-state index in [-0.39, 0.29) is 0 Å². The predicted molar refractivity (Wildman–Crippen MR) is 132 cm³/mol. The van der Waals surface area contributed by atoms with Crippen LogP contribution in [0.2, 0.25) is 5.02 Å². The number of aliphatic hydroxyl groups is 1. The Bertz CT molecular complexity index is 1080. The normalized spacial score (nSPS) is 12.6. The summed E-state index contributed by atoms with van der Waals surface area (Å²) in [5.74, 6) is -1.45. The lowest BCUT2D eigenvalue weighted by atomic mass is 10.0. The molecular weight excluding hydrogens is 472 g/mol. The summed E-state index contributed by atoms with van der Waals surface area (Å²) in [5, 5.41) is 24.7. The molecule has 35 heavy (non-hydrogen) atoms. The zero-order chi connectivity index (χ0) is 26.2. The maximum atomic E-state index is 13.5. The highest BCUT2D eigenvalue weighted by Crippen LogP contribution is 2.29. The molecule has 3 amide bonds. The molecule has 0 aliphatic carbocycles. The van der Waals surface area contributed by atoms with Crippen LogP contribution in [0.4, 0.5) is 10.5 Å². The summed E-state index contributed by atoms with van der Waals surface area (Å²) in [6.07, 6.45) is -0.922. The van der Waals surface area contributed by atoms with E-state index in [1.807, 2.05) is 6.07 Å². The van der Waals surface area contributed by atoms with Crippen molar-refractivity contribution in [2.75, 3.05) is 18.5 Å². The number of halogens is 1. The molecule has 0 heterocycles. The summed E-state index contributed by atoms with van der Waals surface area (Å²) in [6.45, 7) is 5.46. The number of hydrogen-bond acceptors (Lipinski definition) is 6. The Labute approximate surface area is 209 Å². The molecule has 2 aromatic carbocycles. The molecule has 2 aromatic rings. The molecule has 0 spiro atoms. The van der Waals surface area contributed by atoms with Gasteiger partial charge in [-0.25, -0.2) is 4.79 Å². The van der Waals surface area contributed by atoms with Crippen molar-refractivity contribution in [3.8, 4) is 6.07 Å². The van der Waals surface area contributed by atoms with Crippen molar-refractivity contribution in [3.05, 3.63) is 64.7 Å². The van der Waals surface area contributed by atoms with Crippen molar-refractivity contribution in [2.24, 2.45) is 0 Å². The number of aliphatic hydroxyl groups excluding tert-OH is 1. The average molecular weight is 501 g/mol. The van der Waals surface area contributed by atoms with E-state index in [0.29, 0.717) is 21.8 Å². The predicted octanol–water partition coefficient (Wildman–Crippen LogP) is 3.57. The quantitative estimate of drug-likeness (QED) is 0.475. The smallest absolute Gasteiger partial charge is 0.408 e. The first-order valence-corrected chi connectivity index (χ1v) is 11.2. The Balaban J connectivity index is 2.44. The molecule has 0 saturated carbocycles. The molecule has 2 rings (SSSR count). The Morgan fingerprint density at radius 2 is 1.80 bits per heavy atom. The van der Waals surface area contributed by atoms with Crippen LogP contribution in [0.5, 0.6) is 0 Å². The van der Waals surface area contributed by atoms with Crippen molar-refractivity contribution >= 4 is 35.2 Å². The molecule has 0 radical (unpaired) electrons. The molecule has 0 aliphatic heterocycles.